The predicted octanol–water partition coefficient (Wildman–Crippen LogP) is 3.13. The van der Waals surface area contributed by atoms with Gasteiger partial charge in [-0.3, -0.25) is 0 Å². The summed E-state index contributed by atoms with van der Waals surface area (Å²) in [7, 11) is 0. The fourth-order valence-electron chi connectivity index (χ4n) is 1.95. The van der Waals surface area contributed by atoms with Crippen LogP contribution in [0.2, 0.25) is 0 Å². The van der Waals surface area contributed by atoms with Crippen molar-refractivity contribution in [3.63, 3.8) is 0 Å². The largest absolute Gasteiger partial charge is 0.379 e. The fourth-order valence-corrected chi connectivity index (χ4v) is 2.17. The molecular formula is C12H17BrN2O. The number of rotatable bonds is 2. The number of nitrogens with one attached hydrogen (secondary N) is 1. The first kappa shape index (κ1) is 11.9. The van der Waals surface area contributed by atoms with Crippen LogP contribution in [0, 0.1) is 6.92 Å². The summed E-state index contributed by atoms with van der Waals surface area (Å²) >= 11 is 3.45. The van der Waals surface area contributed by atoms with Gasteiger partial charge in [0.2, 0.25) is 0 Å². The van der Waals surface area contributed by atoms with Gasteiger partial charge in [0.1, 0.15) is 5.82 Å². The Balaban J connectivity index is 2.10. The number of aromatic nitrogens is 1. The molecule has 16 heavy (non-hydrogen) atoms. The lowest BCUT2D eigenvalue weighted by Crippen LogP contribution is -2.43. The van der Waals surface area contributed by atoms with Crippen LogP contribution in [-0.2, 0) is 4.74 Å². The Labute approximate surface area is 105 Å². The van der Waals surface area contributed by atoms with E-state index in [4.69, 9.17) is 4.74 Å². The monoisotopic (exact) mass is 284 g/mol. The summed E-state index contributed by atoms with van der Waals surface area (Å²) in [5.41, 5.74) is 1.21. The van der Waals surface area contributed by atoms with E-state index in [-0.39, 0.29) is 5.54 Å². The minimum atomic E-state index is 0.0194. The van der Waals surface area contributed by atoms with Gasteiger partial charge in [-0.1, -0.05) is 0 Å². The predicted molar refractivity (Wildman–Crippen MR) is 68.8 cm³/mol. The van der Waals surface area contributed by atoms with Gasteiger partial charge in [0.25, 0.3) is 0 Å². The van der Waals surface area contributed by atoms with E-state index in [1.807, 2.05) is 6.20 Å². The van der Waals surface area contributed by atoms with Gasteiger partial charge < -0.3 is 10.1 Å². The maximum Gasteiger partial charge on any atom is 0.126 e. The van der Waals surface area contributed by atoms with E-state index >= 15 is 0 Å². The molecule has 1 N–H and O–H groups in total. The minimum absolute atomic E-state index is 0.0194. The standard InChI is InChI=1S/C12H17BrN2O/c1-9-6-11(14-7-10(9)13)15-12(2)4-3-5-16-8-12/h6-7H,3-5,8H2,1-2H3,(H,14,15). The molecule has 0 saturated carbocycles. The number of hydrogen-bond donors (Lipinski definition) is 1. The molecule has 1 aromatic rings. The van der Waals surface area contributed by atoms with Gasteiger partial charge >= 0.3 is 0 Å². The van der Waals surface area contributed by atoms with Crippen LogP contribution in [0.25, 0.3) is 0 Å². The molecule has 88 valence electrons. The van der Waals surface area contributed by atoms with E-state index < -0.39 is 0 Å². The highest BCUT2D eigenvalue weighted by atomic mass is 79.9. The lowest BCUT2D eigenvalue weighted by Gasteiger charge is -2.34. The van der Waals surface area contributed by atoms with Gasteiger partial charge in [0.05, 0.1) is 12.1 Å². The first-order valence-corrected chi connectivity index (χ1v) is 6.36. The van der Waals surface area contributed by atoms with Crippen LogP contribution < -0.4 is 5.32 Å². The average molecular weight is 285 g/mol. The summed E-state index contributed by atoms with van der Waals surface area (Å²) in [6.07, 6.45) is 4.08. The maximum absolute atomic E-state index is 5.51. The molecule has 1 saturated heterocycles. The summed E-state index contributed by atoms with van der Waals surface area (Å²) in [6.45, 7) is 5.88. The third-order valence-electron chi connectivity index (χ3n) is 2.91. The highest BCUT2D eigenvalue weighted by Gasteiger charge is 2.27. The van der Waals surface area contributed by atoms with Crippen LogP contribution in [0.3, 0.4) is 0 Å². The molecule has 1 aromatic heterocycles. The average Bonchev–Trinajstić information content (AvgIpc) is 2.24. The molecule has 0 aliphatic carbocycles. The second-order valence-electron chi connectivity index (χ2n) is 4.66. The number of ether oxygens (including phenoxy) is 1. The van der Waals surface area contributed by atoms with Crippen LogP contribution in [-0.4, -0.2) is 23.7 Å². The normalized spacial score (nSPS) is 25.4. The summed E-state index contributed by atoms with van der Waals surface area (Å²) in [5, 5.41) is 3.47. The maximum atomic E-state index is 5.51. The number of hydrogen-bond acceptors (Lipinski definition) is 3. The molecule has 1 unspecified atom stereocenters. The van der Waals surface area contributed by atoms with Crippen molar-refractivity contribution in [2.45, 2.75) is 32.2 Å². The van der Waals surface area contributed by atoms with E-state index in [9.17, 15) is 0 Å². The Bertz CT molecular complexity index is 375. The SMILES string of the molecule is Cc1cc(NC2(C)CCCOC2)ncc1Br. The Kier molecular flexibility index (Phi) is 3.50. The van der Waals surface area contributed by atoms with Crippen LogP contribution in [0.4, 0.5) is 5.82 Å². The second kappa shape index (κ2) is 4.72. The number of halogens is 1. The summed E-state index contributed by atoms with van der Waals surface area (Å²) in [6, 6.07) is 2.06. The van der Waals surface area contributed by atoms with Crippen molar-refractivity contribution in [3.8, 4) is 0 Å². The highest BCUT2D eigenvalue weighted by molar-refractivity contribution is 9.10. The smallest absolute Gasteiger partial charge is 0.126 e. The van der Waals surface area contributed by atoms with Crippen molar-refractivity contribution in [2.75, 3.05) is 18.5 Å². The molecule has 0 amide bonds. The van der Waals surface area contributed by atoms with Crippen LogP contribution in [0.15, 0.2) is 16.7 Å². The molecule has 1 aliphatic heterocycles. The van der Waals surface area contributed by atoms with E-state index in [1.165, 1.54) is 5.56 Å². The van der Waals surface area contributed by atoms with Gasteiger partial charge in [0, 0.05) is 17.3 Å². The molecule has 0 aromatic carbocycles. The number of pyridine rings is 1. The number of nitrogens with zero attached hydrogens (tertiary/aromatic N) is 1. The second-order valence-corrected chi connectivity index (χ2v) is 5.51. The molecular weight excluding hydrogens is 268 g/mol. The Morgan fingerprint density at radius 3 is 3.00 bits per heavy atom. The van der Waals surface area contributed by atoms with Crippen molar-refractivity contribution in [1.29, 1.82) is 0 Å². The van der Waals surface area contributed by atoms with Crippen molar-refractivity contribution < 1.29 is 4.74 Å². The lowest BCUT2D eigenvalue weighted by atomic mass is 9.95. The van der Waals surface area contributed by atoms with Gasteiger partial charge in [-0.25, -0.2) is 4.98 Å². The van der Waals surface area contributed by atoms with Gasteiger partial charge in [-0.05, 0) is 54.2 Å². The fraction of sp³-hybridized carbons (Fsp3) is 0.583. The van der Waals surface area contributed by atoms with Gasteiger partial charge in [0.15, 0.2) is 0 Å². The lowest BCUT2D eigenvalue weighted by molar-refractivity contribution is 0.0539. The minimum Gasteiger partial charge on any atom is -0.379 e. The highest BCUT2D eigenvalue weighted by Crippen LogP contribution is 2.25. The van der Waals surface area contributed by atoms with Gasteiger partial charge in [-0.15, -0.1) is 0 Å². The summed E-state index contributed by atoms with van der Waals surface area (Å²) < 4.78 is 6.56. The van der Waals surface area contributed by atoms with Crippen LogP contribution in [0.1, 0.15) is 25.3 Å². The molecule has 1 aliphatic rings. The van der Waals surface area contributed by atoms with E-state index in [2.05, 4.69) is 46.1 Å². The van der Waals surface area contributed by atoms with E-state index in [1.54, 1.807) is 0 Å². The third kappa shape index (κ3) is 2.74. The third-order valence-corrected chi connectivity index (χ3v) is 3.74. The van der Waals surface area contributed by atoms with E-state index in [0.717, 1.165) is 36.3 Å². The molecule has 3 nitrogen and oxygen atoms in total. The molecule has 4 heteroatoms. The first-order valence-electron chi connectivity index (χ1n) is 5.57. The van der Waals surface area contributed by atoms with Crippen LogP contribution >= 0.6 is 15.9 Å². The molecule has 1 atom stereocenters. The topological polar surface area (TPSA) is 34.1 Å². The van der Waals surface area contributed by atoms with Crippen molar-refractivity contribution in [1.82, 2.24) is 4.98 Å². The van der Waals surface area contributed by atoms with E-state index in [0.29, 0.717) is 0 Å². The van der Waals surface area contributed by atoms with Gasteiger partial charge in [-0.2, -0.15) is 0 Å². The first-order chi connectivity index (χ1) is 7.59. The molecule has 0 spiro atoms. The zero-order valence-electron chi connectivity index (χ0n) is 9.72. The zero-order valence-corrected chi connectivity index (χ0v) is 11.3. The molecule has 2 rings (SSSR count). The number of aryl methyl sites for hydroxylation is 1. The number of anilines is 1. The Hall–Kier alpha value is -0.610. The molecule has 2 heterocycles. The summed E-state index contributed by atoms with van der Waals surface area (Å²) in [5.74, 6) is 0.925. The summed E-state index contributed by atoms with van der Waals surface area (Å²) in [4.78, 5) is 4.36. The Morgan fingerprint density at radius 1 is 1.56 bits per heavy atom. The quantitative estimate of drug-likeness (QED) is 0.906. The van der Waals surface area contributed by atoms with Crippen molar-refractivity contribution in [2.24, 2.45) is 0 Å². The zero-order chi connectivity index (χ0) is 11.6. The Morgan fingerprint density at radius 2 is 2.38 bits per heavy atom. The molecule has 1 fully saturated rings. The van der Waals surface area contributed by atoms with Crippen LogP contribution in [0.5, 0.6) is 0 Å². The molecule has 0 bridgehead atoms. The van der Waals surface area contributed by atoms with Crippen molar-refractivity contribution in [3.05, 3.63) is 22.3 Å². The molecule has 0 radical (unpaired) electrons. The van der Waals surface area contributed by atoms with Crippen molar-refractivity contribution >= 4 is 21.7 Å².